The summed E-state index contributed by atoms with van der Waals surface area (Å²) < 4.78 is 15.7. The molecule has 0 unspecified atom stereocenters. The Morgan fingerprint density at radius 1 is 1.17 bits per heavy atom. The van der Waals surface area contributed by atoms with Crippen molar-refractivity contribution >= 4 is 21.8 Å². The predicted octanol–water partition coefficient (Wildman–Crippen LogP) is 3.76. The Balaban J connectivity index is 1.72. The van der Waals surface area contributed by atoms with Gasteiger partial charge in [-0.25, -0.2) is 4.39 Å². The third kappa shape index (κ3) is 3.89. The molecule has 6 heteroatoms. The highest BCUT2D eigenvalue weighted by atomic mass is 79.9. The Morgan fingerprint density at radius 2 is 1.96 bits per heavy atom. The van der Waals surface area contributed by atoms with Gasteiger partial charge in [-0.15, -0.1) is 0 Å². The molecule has 0 spiro atoms. The summed E-state index contributed by atoms with van der Waals surface area (Å²) in [7, 11) is 0. The molecule has 1 N–H and O–H groups in total. The maximum absolute atomic E-state index is 13.3. The van der Waals surface area contributed by atoms with Crippen LogP contribution in [0.15, 0.2) is 65.4 Å². The van der Waals surface area contributed by atoms with E-state index in [4.69, 9.17) is 0 Å². The molecule has 0 radical (unpaired) electrons. The van der Waals surface area contributed by atoms with E-state index in [0.29, 0.717) is 17.6 Å². The molecule has 0 aliphatic heterocycles. The Bertz CT molecular complexity index is 849. The molecule has 0 saturated carbocycles. The van der Waals surface area contributed by atoms with Crippen LogP contribution in [0.25, 0.3) is 0 Å². The highest BCUT2D eigenvalue weighted by Crippen LogP contribution is 2.18. The van der Waals surface area contributed by atoms with Crippen molar-refractivity contribution in [3.05, 3.63) is 87.9 Å². The molecular weight excluding hydrogens is 373 g/mol. The van der Waals surface area contributed by atoms with Gasteiger partial charge in [0.2, 0.25) is 0 Å². The zero-order valence-corrected chi connectivity index (χ0v) is 14.3. The summed E-state index contributed by atoms with van der Waals surface area (Å²) in [6, 6.07) is 13.7. The quantitative estimate of drug-likeness (QED) is 0.724. The SMILES string of the molecule is O=C(NCc1ccccc1Cn1cccn1)c1cc(F)ccc1Br. The number of amides is 1. The average Bonchev–Trinajstić information content (AvgIpc) is 3.09. The van der Waals surface area contributed by atoms with Crippen molar-refractivity contribution in [3.63, 3.8) is 0 Å². The number of nitrogens with zero attached hydrogens (tertiary/aromatic N) is 2. The molecule has 122 valence electrons. The van der Waals surface area contributed by atoms with Crippen LogP contribution in [0.2, 0.25) is 0 Å². The number of rotatable bonds is 5. The van der Waals surface area contributed by atoms with Crippen molar-refractivity contribution in [2.24, 2.45) is 0 Å². The van der Waals surface area contributed by atoms with Crippen molar-refractivity contribution in [2.45, 2.75) is 13.1 Å². The minimum absolute atomic E-state index is 0.277. The van der Waals surface area contributed by atoms with E-state index in [1.54, 1.807) is 6.20 Å². The molecule has 0 aliphatic rings. The third-order valence-electron chi connectivity index (χ3n) is 3.62. The second-order valence-corrected chi connectivity index (χ2v) is 6.13. The van der Waals surface area contributed by atoms with Crippen LogP contribution in [0, 0.1) is 5.82 Å². The first kappa shape index (κ1) is 16.4. The fourth-order valence-corrected chi connectivity index (χ4v) is 2.82. The van der Waals surface area contributed by atoms with E-state index in [0.717, 1.165) is 11.1 Å². The monoisotopic (exact) mass is 387 g/mol. The molecule has 1 aromatic heterocycles. The fourth-order valence-electron chi connectivity index (χ4n) is 2.39. The number of aromatic nitrogens is 2. The number of benzene rings is 2. The minimum Gasteiger partial charge on any atom is -0.348 e. The first-order valence-electron chi connectivity index (χ1n) is 7.41. The molecule has 0 bridgehead atoms. The van der Waals surface area contributed by atoms with Crippen LogP contribution >= 0.6 is 15.9 Å². The molecule has 0 fully saturated rings. The Morgan fingerprint density at radius 3 is 2.71 bits per heavy atom. The lowest BCUT2D eigenvalue weighted by molar-refractivity contribution is 0.0949. The number of nitrogens with one attached hydrogen (secondary N) is 1. The zero-order valence-electron chi connectivity index (χ0n) is 12.7. The lowest BCUT2D eigenvalue weighted by Gasteiger charge is -2.11. The van der Waals surface area contributed by atoms with E-state index in [-0.39, 0.29) is 11.5 Å². The molecule has 1 heterocycles. The maximum Gasteiger partial charge on any atom is 0.252 e. The van der Waals surface area contributed by atoms with Crippen molar-refractivity contribution < 1.29 is 9.18 Å². The predicted molar refractivity (Wildman–Crippen MR) is 93.0 cm³/mol. The standard InChI is InChI=1S/C18H15BrFN3O/c19-17-7-6-15(20)10-16(17)18(24)21-11-13-4-1-2-5-14(13)12-23-9-3-8-22-23/h1-10H,11-12H2,(H,21,24). The van der Waals surface area contributed by atoms with Gasteiger partial charge in [0.25, 0.3) is 5.91 Å². The number of halogens is 2. The van der Waals surface area contributed by atoms with Gasteiger partial charge < -0.3 is 5.32 Å². The Hall–Kier alpha value is -2.47. The highest BCUT2D eigenvalue weighted by molar-refractivity contribution is 9.10. The molecule has 1 amide bonds. The summed E-state index contributed by atoms with van der Waals surface area (Å²) in [6.45, 7) is 0.988. The molecule has 3 aromatic rings. The maximum atomic E-state index is 13.3. The molecule has 0 atom stereocenters. The van der Waals surface area contributed by atoms with Crippen LogP contribution in [0.1, 0.15) is 21.5 Å². The van der Waals surface area contributed by atoms with Crippen LogP contribution in [-0.2, 0) is 13.1 Å². The van der Waals surface area contributed by atoms with E-state index in [1.807, 2.05) is 41.2 Å². The molecule has 3 rings (SSSR count). The Kier molecular flexibility index (Phi) is 5.05. The van der Waals surface area contributed by atoms with Gasteiger partial charge in [-0.1, -0.05) is 24.3 Å². The van der Waals surface area contributed by atoms with Crippen LogP contribution < -0.4 is 5.32 Å². The van der Waals surface area contributed by atoms with Crippen LogP contribution in [0.5, 0.6) is 0 Å². The molecular formula is C18H15BrFN3O. The smallest absolute Gasteiger partial charge is 0.252 e. The summed E-state index contributed by atoms with van der Waals surface area (Å²) >= 11 is 3.27. The van der Waals surface area contributed by atoms with Gasteiger partial charge in [0.15, 0.2) is 0 Å². The Labute approximate surface area is 147 Å². The lowest BCUT2D eigenvalue weighted by Crippen LogP contribution is -2.24. The van der Waals surface area contributed by atoms with Gasteiger partial charge >= 0.3 is 0 Å². The topological polar surface area (TPSA) is 46.9 Å². The number of hydrogen-bond acceptors (Lipinski definition) is 2. The average molecular weight is 388 g/mol. The van der Waals surface area contributed by atoms with Crippen molar-refractivity contribution in [1.29, 1.82) is 0 Å². The first-order valence-corrected chi connectivity index (χ1v) is 8.20. The summed E-state index contributed by atoms with van der Waals surface area (Å²) in [6.07, 6.45) is 3.62. The van der Waals surface area contributed by atoms with Gasteiger partial charge in [-0.2, -0.15) is 5.10 Å². The summed E-state index contributed by atoms with van der Waals surface area (Å²) in [5.41, 5.74) is 2.34. The van der Waals surface area contributed by atoms with Crippen molar-refractivity contribution in [3.8, 4) is 0 Å². The largest absolute Gasteiger partial charge is 0.348 e. The first-order chi connectivity index (χ1) is 11.6. The number of carbonyl (C=O) groups excluding carboxylic acids is 1. The summed E-state index contributed by atoms with van der Waals surface area (Å²) in [5, 5.41) is 7.04. The lowest BCUT2D eigenvalue weighted by atomic mass is 10.1. The fraction of sp³-hybridized carbons (Fsp3) is 0.111. The second kappa shape index (κ2) is 7.40. The van der Waals surface area contributed by atoms with Crippen molar-refractivity contribution in [2.75, 3.05) is 0 Å². The van der Waals surface area contributed by atoms with Gasteiger partial charge in [-0.3, -0.25) is 9.48 Å². The van der Waals surface area contributed by atoms with Crippen molar-refractivity contribution in [1.82, 2.24) is 15.1 Å². The molecule has 4 nitrogen and oxygen atoms in total. The molecule has 0 aliphatic carbocycles. The summed E-state index contributed by atoms with van der Waals surface area (Å²) in [4.78, 5) is 12.3. The van der Waals surface area contributed by atoms with E-state index in [9.17, 15) is 9.18 Å². The van der Waals surface area contributed by atoms with Gasteiger partial charge in [0, 0.05) is 23.4 Å². The normalized spacial score (nSPS) is 10.6. The van der Waals surface area contributed by atoms with E-state index < -0.39 is 5.82 Å². The van der Waals surface area contributed by atoms with E-state index >= 15 is 0 Å². The van der Waals surface area contributed by atoms with Crippen LogP contribution in [0.3, 0.4) is 0 Å². The van der Waals surface area contributed by atoms with Gasteiger partial charge in [0.05, 0.1) is 12.1 Å². The van der Waals surface area contributed by atoms with Gasteiger partial charge in [-0.05, 0) is 51.3 Å². The van der Waals surface area contributed by atoms with Crippen LogP contribution in [-0.4, -0.2) is 15.7 Å². The minimum atomic E-state index is -0.442. The van der Waals surface area contributed by atoms with Crippen LogP contribution in [0.4, 0.5) is 4.39 Å². The van der Waals surface area contributed by atoms with E-state index in [1.165, 1.54) is 18.2 Å². The zero-order chi connectivity index (χ0) is 16.9. The third-order valence-corrected chi connectivity index (χ3v) is 4.31. The molecule has 24 heavy (non-hydrogen) atoms. The number of hydrogen-bond donors (Lipinski definition) is 1. The molecule has 2 aromatic carbocycles. The second-order valence-electron chi connectivity index (χ2n) is 5.28. The number of carbonyl (C=O) groups is 1. The molecule has 0 saturated heterocycles. The highest BCUT2D eigenvalue weighted by Gasteiger charge is 2.12. The van der Waals surface area contributed by atoms with E-state index in [2.05, 4.69) is 26.3 Å². The van der Waals surface area contributed by atoms with Gasteiger partial charge in [0.1, 0.15) is 5.82 Å². The summed E-state index contributed by atoms with van der Waals surface area (Å²) in [5.74, 6) is -0.766.